The molecule has 44 heavy (non-hydrogen) atoms. The number of ether oxygens (including phenoxy) is 4. The normalized spacial score (nSPS) is 15.4. The Morgan fingerprint density at radius 2 is 1.02 bits per heavy atom. The standard InChI is InChI=1S/C28H28N2O12S2/c1-17(27(31)32)29(43(35,36)21-7-9-23-25(11-21)41-15-39-23)13-19-5-3-4-6-20(19)14-30(18(2)28(33)34)44(37,38)22-8-10-24-26(12-22)42-16-40-24/h3-12,17-18H,13-16H2,1-2H3,(H,31,32)(H,33,34)/t17-,18-/m1/s1. The average molecular weight is 649 g/mol. The first-order chi connectivity index (χ1) is 20.8. The summed E-state index contributed by atoms with van der Waals surface area (Å²) in [4.78, 5) is 23.7. The topological polar surface area (TPSA) is 186 Å². The molecule has 0 aromatic heterocycles. The molecule has 0 radical (unpaired) electrons. The van der Waals surface area contributed by atoms with E-state index in [0.717, 1.165) is 8.61 Å². The molecule has 14 nitrogen and oxygen atoms in total. The molecule has 2 N–H and O–H groups in total. The van der Waals surface area contributed by atoms with Gasteiger partial charge in [0.15, 0.2) is 23.0 Å². The summed E-state index contributed by atoms with van der Waals surface area (Å²) in [7, 11) is -8.90. The molecule has 2 aliphatic heterocycles. The lowest BCUT2D eigenvalue weighted by Gasteiger charge is -2.29. The zero-order chi connectivity index (χ0) is 31.8. The van der Waals surface area contributed by atoms with E-state index in [4.69, 9.17) is 18.9 Å². The van der Waals surface area contributed by atoms with Gasteiger partial charge in [-0.25, -0.2) is 16.8 Å². The molecule has 0 spiro atoms. The molecule has 3 aromatic rings. The van der Waals surface area contributed by atoms with Crippen molar-refractivity contribution in [1.82, 2.24) is 8.61 Å². The molecule has 0 aliphatic carbocycles. The Morgan fingerprint density at radius 1 is 0.659 bits per heavy atom. The van der Waals surface area contributed by atoms with Crippen molar-refractivity contribution in [3.8, 4) is 23.0 Å². The second-order valence-electron chi connectivity index (χ2n) is 9.93. The Labute approximate surface area is 253 Å². The maximum Gasteiger partial charge on any atom is 0.321 e. The lowest BCUT2D eigenvalue weighted by atomic mass is 10.1. The smallest absolute Gasteiger partial charge is 0.321 e. The minimum absolute atomic E-state index is 0.0954. The molecule has 5 rings (SSSR count). The van der Waals surface area contributed by atoms with Crippen LogP contribution in [0.4, 0.5) is 0 Å². The van der Waals surface area contributed by atoms with Crippen LogP contribution in [0.15, 0.2) is 70.5 Å². The second-order valence-corrected chi connectivity index (χ2v) is 13.7. The van der Waals surface area contributed by atoms with Crippen molar-refractivity contribution in [2.24, 2.45) is 0 Å². The Bertz CT molecular complexity index is 1700. The monoisotopic (exact) mass is 648 g/mol. The zero-order valence-corrected chi connectivity index (χ0v) is 25.1. The van der Waals surface area contributed by atoms with Crippen LogP contribution in [0.25, 0.3) is 0 Å². The number of carbonyl (C=O) groups is 2. The van der Waals surface area contributed by atoms with Gasteiger partial charge in [-0.3, -0.25) is 9.59 Å². The highest BCUT2D eigenvalue weighted by atomic mass is 32.2. The van der Waals surface area contributed by atoms with E-state index in [9.17, 15) is 36.6 Å². The number of carboxylic acids is 2. The number of hydrogen-bond acceptors (Lipinski definition) is 10. The Balaban J connectivity index is 1.52. The van der Waals surface area contributed by atoms with Crippen molar-refractivity contribution in [2.45, 2.75) is 48.8 Å². The molecule has 0 amide bonds. The third kappa shape index (κ3) is 5.88. The largest absolute Gasteiger partial charge is 0.480 e. The fourth-order valence-corrected chi connectivity index (χ4v) is 7.82. The van der Waals surface area contributed by atoms with Gasteiger partial charge >= 0.3 is 11.9 Å². The number of aliphatic carboxylic acids is 2. The van der Waals surface area contributed by atoms with Crippen LogP contribution in [0.3, 0.4) is 0 Å². The average Bonchev–Trinajstić information content (AvgIpc) is 3.67. The molecule has 0 fully saturated rings. The van der Waals surface area contributed by atoms with E-state index in [1.165, 1.54) is 62.4 Å². The third-order valence-corrected chi connectivity index (χ3v) is 11.1. The van der Waals surface area contributed by atoms with Crippen LogP contribution in [-0.4, -0.2) is 73.3 Å². The van der Waals surface area contributed by atoms with Gasteiger partial charge in [-0.2, -0.15) is 8.61 Å². The number of nitrogens with zero attached hydrogens (tertiary/aromatic N) is 2. The van der Waals surface area contributed by atoms with Crippen molar-refractivity contribution >= 4 is 32.0 Å². The van der Waals surface area contributed by atoms with Gasteiger partial charge in [0.05, 0.1) is 9.79 Å². The van der Waals surface area contributed by atoms with Crippen molar-refractivity contribution in [3.63, 3.8) is 0 Å². The van der Waals surface area contributed by atoms with Gasteiger partial charge in [0.1, 0.15) is 12.1 Å². The van der Waals surface area contributed by atoms with Gasteiger partial charge in [-0.05, 0) is 49.2 Å². The minimum atomic E-state index is -4.45. The fourth-order valence-electron chi connectivity index (χ4n) is 4.65. The fraction of sp³-hybridized carbons (Fsp3) is 0.286. The van der Waals surface area contributed by atoms with E-state index in [0.29, 0.717) is 11.5 Å². The van der Waals surface area contributed by atoms with Crippen LogP contribution in [0.2, 0.25) is 0 Å². The van der Waals surface area contributed by atoms with Crippen LogP contribution < -0.4 is 18.9 Å². The lowest BCUT2D eigenvalue weighted by molar-refractivity contribution is -0.142. The predicted octanol–water partition coefficient (Wildman–Crippen LogP) is 2.47. The van der Waals surface area contributed by atoms with Crippen LogP contribution in [0.5, 0.6) is 23.0 Å². The van der Waals surface area contributed by atoms with E-state index >= 15 is 0 Å². The zero-order valence-electron chi connectivity index (χ0n) is 23.4. The van der Waals surface area contributed by atoms with Gasteiger partial charge in [0, 0.05) is 25.2 Å². The van der Waals surface area contributed by atoms with E-state index in [1.54, 1.807) is 12.1 Å². The highest BCUT2D eigenvalue weighted by molar-refractivity contribution is 7.89. The van der Waals surface area contributed by atoms with Crippen LogP contribution in [0.1, 0.15) is 25.0 Å². The SMILES string of the molecule is C[C@H](C(=O)O)N(Cc1ccccc1CN([C@H](C)C(=O)O)S(=O)(=O)c1ccc2c(c1)OCO2)S(=O)(=O)c1ccc2c(c1)OCO2. The summed E-state index contributed by atoms with van der Waals surface area (Å²) in [6, 6.07) is 10.9. The Morgan fingerprint density at radius 3 is 1.39 bits per heavy atom. The maximum atomic E-state index is 13.8. The summed E-state index contributed by atoms with van der Waals surface area (Å²) in [5.41, 5.74) is 0.516. The van der Waals surface area contributed by atoms with Crippen LogP contribution in [-0.2, 0) is 42.7 Å². The van der Waals surface area contributed by atoms with Gasteiger partial charge in [-0.15, -0.1) is 0 Å². The van der Waals surface area contributed by atoms with Crippen LogP contribution >= 0.6 is 0 Å². The van der Waals surface area contributed by atoms with Crippen molar-refractivity contribution in [1.29, 1.82) is 0 Å². The molecule has 0 saturated carbocycles. The molecule has 0 unspecified atom stereocenters. The maximum absolute atomic E-state index is 13.8. The molecule has 0 saturated heterocycles. The van der Waals surface area contributed by atoms with Crippen molar-refractivity contribution < 1.29 is 55.6 Å². The number of fused-ring (bicyclic) bond motifs is 2. The van der Waals surface area contributed by atoms with Crippen LogP contribution in [0, 0.1) is 0 Å². The summed E-state index contributed by atoms with van der Waals surface area (Å²) in [5, 5.41) is 19.6. The summed E-state index contributed by atoms with van der Waals surface area (Å²) in [6.45, 7) is 1.28. The molecule has 3 aromatic carbocycles. The Hall–Kier alpha value is -4.38. The molecule has 2 aliphatic rings. The third-order valence-electron chi connectivity index (χ3n) is 7.25. The molecular weight excluding hydrogens is 620 g/mol. The molecule has 234 valence electrons. The van der Waals surface area contributed by atoms with Gasteiger partial charge in [0.2, 0.25) is 33.6 Å². The van der Waals surface area contributed by atoms with Crippen molar-refractivity contribution in [3.05, 3.63) is 71.8 Å². The number of carboxylic acid groups (broad SMARTS) is 2. The van der Waals surface area contributed by atoms with E-state index in [-0.39, 0.29) is 46.0 Å². The summed E-state index contributed by atoms with van der Waals surface area (Å²) in [6.07, 6.45) is 0. The number of hydrogen-bond donors (Lipinski definition) is 2. The quantitative estimate of drug-likeness (QED) is 0.293. The van der Waals surface area contributed by atoms with Gasteiger partial charge in [-0.1, -0.05) is 24.3 Å². The summed E-state index contributed by atoms with van der Waals surface area (Å²) < 4.78 is 77.8. The van der Waals surface area contributed by atoms with E-state index < -0.39 is 57.2 Å². The van der Waals surface area contributed by atoms with Crippen molar-refractivity contribution in [2.75, 3.05) is 13.6 Å². The lowest BCUT2D eigenvalue weighted by Crippen LogP contribution is -2.44. The summed E-state index contributed by atoms with van der Waals surface area (Å²) in [5.74, 6) is -1.80. The highest BCUT2D eigenvalue weighted by Crippen LogP contribution is 2.37. The molecule has 16 heteroatoms. The first-order valence-electron chi connectivity index (χ1n) is 13.2. The first kappa shape index (κ1) is 31.1. The molecule has 2 heterocycles. The second kappa shape index (κ2) is 12.0. The Kier molecular flexibility index (Phi) is 8.44. The molecule has 0 bridgehead atoms. The minimum Gasteiger partial charge on any atom is -0.480 e. The summed E-state index contributed by atoms with van der Waals surface area (Å²) >= 11 is 0. The first-order valence-corrected chi connectivity index (χ1v) is 16.0. The van der Waals surface area contributed by atoms with E-state index in [1.807, 2.05) is 0 Å². The highest BCUT2D eigenvalue weighted by Gasteiger charge is 2.37. The predicted molar refractivity (Wildman–Crippen MR) is 151 cm³/mol. The molecule has 2 atom stereocenters. The number of rotatable bonds is 12. The number of benzene rings is 3. The van der Waals surface area contributed by atoms with Gasteiger partial charge < -0.3 is 29.2 Å². The number of sulfonamides is 2. The van der Waals surface area contributed by atoms with Gasteiger partial charge in [0.25, 0.3) is 0 Å². The van der Waals surface area contributed by atoms with E-state index in [2.05, 4.69) is 0 Å². The molecular formula is C28H28N2O12S2.